The van der Waals surface area contributed by atoms with Gasteiger partial charge in [0.2, 0.25) is 0 Å². The quantitative estimate of drug-likeness (QED) is 0.657. The van der Waals surface area contributed by atoms with Crippen LogP contribution in [-0.2, 0) is 10.0 Å². The third kappa shape index (κ3) is 4.25. The van der Waals surface area contributed by atoms with Crippen LogP contribution in [0.1, 0.15) is 0 Å². The number of hydrogen-bond donors (Lipinski definition) is 2. The Bertz CT molecular complexity index is 991. The van der Waals surface area contributed by atoms with Crippen LogP contribution in [0.25, 0.3) is 0 Å². The van der Waals surface area contributed by atoms with Crippen molar-refractivity contribution in [3.05, 3.63) is 71.9 Å². The van der Waals surface area contributed by atoms with E-state index in [1.54, 1.807) is 31.4 Å². The van der Waals surface area contributed by atoms with Crippen molar-refractivity contribution in [2.45, 2.75) is 4.90 Å². The summed E-state index contributed by atoms with van der Waals surface area (Å²) < 4.78 is 32.4. The molecule has 3 rings (SSSR count). The van der Waals surface area contributed by atoms with Gasteiger partial charge in [-0.15, -0.1) is 0 Å². The van der Waals surface area contributed by atoms with Gasteiger partial charge in [0.15, 0.2) is 0 Å². The molecule has 2 aromatic carbocycles. The monoisotopic (exact) mass is 389 g/mol. The highest BCUT2D eigenvalue weighted by Gasteiger charge is 2.17. The summed E-state index contributed by atoms with van der Waals surface area (Å²) in [6.07, 6.45) is 1.43. The summed E-state index contributed by atoms with van der Waals surface area (Å²) in [4.78, 5) is 4.23. The Balaban J connectivity index is 1.72. The zero-order valence-electron chi connectivity index (χ0n) is 13.8. The molecule has 0 saturated heterocycles. The van der Waals surface area contributed by atoms with Crippen molar-refractivity contribution in [2.24, 2.45) is 0 Å². The molecule has 1 aromatic heterocycles. The Hall–Kier alpha value is -2.77. The van der Waals surface area contributed by atoms with E-state index in [4.69, 9.17) is 16.3 Å². The highest BCUT2D eigenvalue weighted by Crippen LogP contribution is 2.24. The number of sulfonamides is 1. The summed E-state index contributed by atoms with van der Waals surface area (Å²) >= 11 is 5.96. The van der Waals surface area contributed by atoms with Gasteiger partial charge in [0.05, 0.1) is 24.0 Å². The summed E-state index contributed by atoms with van der Waals surface area (Å²) in [5.41, 5.74) is 1.17. The van der Waals surface area contributed by atoms with Gasteiger partial charge >= 0.3 is 0 Å². The van der Waals surface area contributed by atoms with Gasteiger partial charge in [-0.1, -0.05) is 23.7 Å². The molecule has 2 N–H and O–H groups in total. The molecular formula is C18H16ClN3O3S. The highest BCUT2D eigenvalue weighted by atomic mass is 35.5. The first kappa shape index (κ1) is 18.0. The molecule has 0 fully saturated rings. The first-order valence-electron chi connectivity index (χ1n) is 7.62. The van der Waals surface area contributed by atoms with E-state index in [1.807, 2.05) is 24.3 Å². The molecule has 0 aliphatic heterocycles. The van der Waals surface area contributed by atoms with Crippen LogP contribution in [0.3, 0.4) is 0 Å². The minimum Gasteiger partial charge on any atom is -0.497 e. The van der Waals surface area contributed by atoms with Crippen molar-refractivity contribution in [1.29, 1.82) is 0 Å². The molecule has 6 nitrogen and oxygen atoms in total. The summed E-state index contributed by atoms with van der Waals surface area (Å²) in [5, 5.41) is 3.28. The van der Waals surface area contributed by atoms with Crippen LogP contribution in [0.2, 0.25) is 5.02 Å². The van der Waals surface area contributed by atoms with E-state index >= 15 is 0 Å². The Morgan fingerprint density at radius 3 is 2.27 bits per heavy atom. The first-order valence-corrected chi connectivity index (χ1v) is 9.48. The highest BCUT2D eigenvalue weighted by molar-refractivity contribution is 7.92. The van der Waals surface area contributed by atoms with Crippen molar-refractivity contribution < 1.29 is 13.2 Å². The molecule has 0 aliphatic carbocycles. The predicted octanol–water partition coefficient (Wildman–Crippen LogP) is 4.29. The Labute approximate surface area is 156 Å². The van der Waals surface area contributed by atoms with Gasteiger partial charge in [0.25, 0.3) is 10.0 Å². The van der Waals surface area contributed by atoms with Gasteiger partial charge in [-0.05, 0) is 48.5 Å². The first-order chi connectivity index (χ1) is 12.5. The average Bonchev–Trinajstić information content (AvgIpc) is 2.64. The van der Waals surface area contributed by atoms with Gasteiger partial charge in [-0.25, -0.2) is 13.4 Å². The minimum atomic E-state index is -3.78. The zero-order valence-corrected chi connectivity index (χ0v) is 15.4. The van der Waals surface area contributed by atoms with Crippen LogP contribution >= 0.6 is 11.6 Å². The van der Waals surface area contributed by atoms with E-state index in [9.17, 15) is 8.42 Å². The van der Waals surface area contributed by atoms with Gasteiger partial charge in [-0.2, -0.15) is 0 Å². The Kier molecular flexibility index (Phi) is 5.29. The molecule has 1 heterocycles. The zero-order chi connectivity index (χ0) is 18.6. The van der Waals surface area contributed by atoms with E-state index in [0.29, 0.717) is 11.5 Å². The van der Waals surface area contributed by atoms with Crippen LogP contribution < -0.4 is 14.8 Å². The fourth-order valence-corrected chi connectivity index (χ4v) is 3.79. The van der Waals surface area contributed by atoms with Crippen LogP contribution in [0.4, 0.5) is 17.2 Å². The number of ether oxygens (including phenoxy) is 1. The lowest BCUT2D eigenvalue weighted by Crippen LogP contribution is -2.13. The largest absolute Gasteiger partial charge is 0.497 e. The number of anilines is 3. The van der Waals surface area contributed by atoms with Crippen molar-refractivity contribution in [1.82, 2.24) is 4.98 Å². The maximum Gasteiger partial charge on any atom is 0.263 e. The Morgan fingerprint density at radius 1 is 0.962 bits per heavy atom. The smallest absolute Gasteiger partial charge is 0.263 e. The summed E-state index contributed by atoms with van der Waals surface area (Å²) in [5.74, 6) is 1.34. The van der Waals surface area contributed by atoms with Crippen molar-refractivity contribution in [2.75, 3.05) is 17.1 Å². The average molecular weight is 390 g/mol. The number of benzene rings is 2. The van der Waals surface area contributed by atoms with Crippen molar-refractivity contribution >= 4 is 38.8 Å². The molecule has 0 spiro atoms. The molecule has 134 valence electrons. The van der Waals surface area contributed by atoms with E-state index in [0.717, 1.165) is 11.4 Å². The summed E-state index contributed by atoms with van der Waals surface area (Å²) in [6, 6.07) is 16.9. The lowest BCUT2D eigenvalue weighted by atomic mass is 10.3. The number of nitrogens with one attached hydrogen (secondary N) is 2. The maximum absolute atomic E-state index is 12.4. The van der Waals surface area contributed by atoms with Gasteiger partial charge in [-0.3, -0.25) is 4.72 Å². The number of hydrogen-bond acceptors (Lipinski definition) is 5. The topological polar surface area (TPSA) is 80.3 Å². The molecule has 8 heteroatoms. The third-order valence-electron chi connectivity index (χ3n) is 3.50. The SMILES string of the molecule is COc1ccc(Nc2ccc(NS(=O)(=O)c3ccccc3Cl)cn2)cc1. The minimum absolute atomic E-state index is 0.0158. The standard InChI is InChI=1S/C18H16ClN3O3S/c1-25-15-9-6-13(7-10-15)21-18-11-8-14(12-20-18)22-26(23,24)17-5-3-2-4-16(17)19/h2-12,22H,1H3,(H,20,21). The number of halogens is 1. The lowest BCUT2D eigenvalue weighted by Gasteiger charge is -2.10. The fourth-order valence-electron chi connectivity index (χ4n) is 2.22. The molecule has 0 bridgehead atoms. The molecule has 26 heavy (non-hydrogen) atoms. The third-order valence-corrected chi connectivity index (χ3v) is 5.39. The predicted molar refractivity (Wildman–Crippen MR) is 103 cm³/mol. The van der Waals surface area contributed by atoms with Gasteiger partial charge in [0, 0.05) is 5.69 Å². The molecule has 0 amide bonds. The number of methoxy groups -OCH3 is 1. The number of pyridine rings is 1. The maximum atomic E-state index is 12.4. The van der Waals surface area contributed by atoms with E-state index < -0.39 is 10.0 Å². The molecule has 0 aliphatic rings. The number of rotatable bonds is 6. The van der Waals surface area contributed by atoms with Crippen molar-refractivity contribution in [3.63, 3.8) is 0 Å². The van der Waals surface area contributed by atoms with E-state index in [2.05, 4.69) is 15.0 Å². The molecule has 0 radical (unpaired) electrons. The van der Waals surface area contributed by atoms with E-state index in [1.165, 1.54) is 18.3 Å². The molecule has 0 atom stereocenters. The summed E-state index contributed by atoms with van der Waals surface area (Å²) in [6.45, 7) is 0. The van der Waals surface area contributed by atoms with Gasteiger partial charge < -0.3 is 10.1 Å². The van der Waals surface area contributed by atoms with Gasteiger partial charge in [0.1, 0.15) is 16.5 Å². The molecule has 3 aromatic rings. The fraction of sp³-hybridized carbons (Fsp3) is 0.0556. The second-order valence-electron chi connectivity index (χ2n) is 5.32. The normalized spacial score (nSPS) is 11.0. The van der Waals surface area contributed by atoms with Crippen molar-refractivity contribution in [3.8, 4) is 5.75 Å². The molecular weight excluding hydrogens is 374 g/mol. The van der Waals surface area contributed by atoms with Crippen LogP contribution in [-0.4, -0.2) is 20.5 Å². The van der Waals surface area contributed by atoms with E-state index in [-0.39, 0.29) is 9.92 Å². The Morgan fingerprint density at radius 2 is 1.65 bits per heavy atom. The van der Waals surface area contributed by atoms with Crippen LogP contribution in [0, 0.1) is 0 Å². The van der Waals surface area contributed by atoms with Crippen LogP contribution in [0.15, 0.2) is 71.8 Å². The molecule has 0 saturated carbocycles. The number of aromatic nitrogens is 1. The second kappa shape index (κ2) is 7.63. The molecule has 0 unspecified atom stereocenters. The van der Waals surface area contributed by atoms with Crippen LogP contribution in [0.5, 0.6) is 5.75 Å². The summed E-state index contributed by atoms with van der Waals surface area (Å²) in [7, 11) is -2.18. The number of nitrogens with zero attached hydrogens (tertiary/aromatic N) is 1. The lowest BCUT2D eigenvalue weighted by molar-refractivity contribution is 0.415. The second-order valence-corrected chi connectivity index (χ2v) is 7.38.